The SMILES string of the molecule is Cc1cnc(CN(CCc2cnc[nH]2)Cc2nccc3ccccc23)c(C)c1. The molecule has 4 rings (SSSR count). The fraction of sp³-hybridized carbons (Fsp3) is 0.261. The van der Waals surface area contributed by atoms with Crippen LogP contribution < -0.4 is 0 Å². The molecule has 0 bridgehead atoms. The van der Waals surface area contributed by atoms with E-state index < -0.39 is 0 Å². The number of aromatic amines is 1. The summed E-state index contributed by atoms with van der Waals surface area (Å²) in [5, 5.41) is 2.44. The number of rotatable bonds is 7. The lowest BCUT2D eigenvalue weighted by Crippen LogP contribution is -2.27. The van der Waals surface area contributed by atoms with Gasteiger partial charge in [0, 0.05) is 55.7 Å². The van der Waals surface area contributed by atoms with Crippen LogP contribution in [0.15, 0.2) is 61.3 Å². The Balaban J connectivity index is 1.59. The van der Waals surface area contributed by atoms with E-state index in [9.17, 15) is 0 Å². The molecular weight excluding hydrogens is 346 g/mol. The highest BCUT2D eigenvalue weighted by Gasteiger charge is 2.13. The van der Waals surface area contributed by atoms with Crippen molar-refractivity contribution in [2.45, 2.75) is 33.4 Å². The number of aryl methyl sites for hydroxylation is 2. The summed E-state index contributed by atoms with van der Waals surface area (Å²) in [6.45, 7) is 6.70. The van der Waals surface area contributed by atoms with Gasteiger partial charge in [0.15, 0.2) is 0 Å². The topological polar surface area (TPSA) is 57.7 Å². The van der Waals surface area contributed by atoms with Gasteiger partial charge in [0.05, 0.1) is 17.7 Å². The summed E-state index contributed by atoms with van der Waals surface area (Å²) >= 11 is 0. The Morgan fingerprint density at radius 3 is 2.64 bits per heavy atom. The molecule has 0 fully saturated rings. The van der Waals surface area contributed by atoms with Crippen molar-refractivity contribution in [2.24, 2.45) is 0 Å². The zero-order valence-electron chi connectivity index (χ0n) is 16.4. The normalized spacial score (nSPS) is 11.4. The lowest BCUT2D eigenvalue weighted by Gasteiger charge is -2.23. The minimum atomic E-state index is 0.782. The number of benzene rings is 1. The van der Waals surface area contributed by atoms with Crippen LogP contribution in [0, 0.1) is 13.8 Å². The summed E-state index contributed by atoms with van der Waals surface area (Å²) in [5.41, 5.74) is 5.80. The molecule has 0 aliphatic heterocycles. The van der Waals surface area contributed by atoms with E-state index in [0.717, 1.165) is 43.1 Å². The minimum absolute atomic E-state index is 0.782. The van der Waals surface area contributed by atoms with Crippen LogP contribution in [0.1, 0.15) is 28.2 Å². The molecule has 0 amide bonds. The maximum atomic E-state index is 4.69. The van der Waals surface area contributed by atoms with Crippen molar-refractivity contribution >= 4 is 10.8 Å². The van der Waals surface area contributed by atoms with Gasteiger partial charge in [0.1, 0.15) is 0 Å². The molecule has 0 spiro atoms. The molecule has 0 aliphatic rings. The van der Waals surface area contributed by atoms with Crippen LogP contribution >= 0.6 is 0 Å². The second-order valence-electron chi connectivity index (χ2n) is 7.29. The molecule has 5 nitrogen and oxygen atoms in total. The van der Waals surface area contributed by atoms with Crippen molar-refractivity contribution in [3.63, 3.8) is 0 Å². The Bertz CT molecular complexity index is 1050. The number of aromatic nitrogens is 4. The fourth-order valence-corrected chi connectivity index (χ4v) is 3.55. The maximum Gasteiger partial charge on any atom is 0.0921 e. The quantitative estimate of drug-likeness (QED) is 0.529. The van der Waals surface area contributed by atoms with Crippen LogP contribution in [-0.2, 0) is 19.5 Å². The number of fused-ring (bicyclic) bond motifs is 1. The molecule has 3 heterocycles. The second kappa shape index (κ2) is 8.31. The molecule has 142 valence electrons. The summed E-state index contributed by atoms with van der Waals surface area (Å²) in [6, 6.07) is 12.7. The van der Waals surface area contributed by atoms with Crippen molar-refractivity contribution in [3.8, 4) is 0 Å². The third-order valence-electron chi connectivity index (χ3n) is 5.08. The number of imidazole rings is 1. The van der Waals surface area contributed by atoms with Crippen molar-refractivity contribution in [3.05, 3.63) is 89.5 Å². The van der Waals surface area contributed by atoms with Crippen molar-refractivity contribution < 1.29 is 0 Å². The Morgan fingerprint density at radius 1 is 0.964 bits per heavy atom. The molecule has 0 aliphatic carbocycles. The number of hydrogen-bond donors (Lipinski definition) is 1. The Morgan fingerprint density at radius 2 is 1.82 bits per heavy atom. The van der Waals surface area contributed by atoms with Crippen LogP contribution in [0.3, 0.4) is 0 Å². The molecule has 0 saturated carbocycles. The van der Waals surface area contributed by atoms with E-state index in [1.807, 2.05) is 18.6 Å². The standard InChI is InChI=1S/C23H25N5/c1-17-11-18(2)22(26-12-17)14-28(10-8-20-13-24-16-27-20)15-23-21-6-4-3-5-19(21)7-9-25-23/h3-7,9,11-13,16H,8,10,14-15H2,1-2H3,(H,24,27). The Kier molecular flexibility index (Phi) is 5.44. The van der Waals surface area contributed by atoms with Crippen molar-refractivity contribution in [1.29, 1.82) is 0 Å². The van der Waals surface area contributed by atoms with Gasteiger partial charge < -0.3 is 4.98 Å². The number of nitrogens with zero attached hydrogens (tertiary/aromatic N) is 4. The molecule has 0 unspecified atom stereocenters. The van der Waals surface area contributed by atoms with E-state index in [4.69, 9.17) is 0 Å². The van der Waals surface area contributed by atoms with Crippen LogP contribution in [0.4, 0.5) is 0 Å². The molecule has 1 aromatic carbocycles. The predicted molar refractivity (Wildman–Crippen MR) is 112 cm³/mol. The third-order valence-corrected chi connectivity index (χ3v) is 5.08. The van der Waals surface area contributed by atoms with Crippen molar-refractivity contribution in [1.82, 2.24) is 24.8 Å². The first-order chi connectivity index (χ1) is 13.7. The predicted octanol–water partition coefficient (Wildman–Crippen LogP) is 4.21. The molecule has 0 radical (unpaired) electrons. The van der Waals surface area contributed by atoms with Gasteiger partial charge in [0.25, 0.3) is 0 Å². The molecule has 1 N–H and O–H groups in total. The molecule has 3 aromatic heterocycles. The van der Waals surface area contributed by atoms with Gasteiger partial charge in [-0.3, -0.25) is 14.9 Å². The van der Waals surface area contributed by atoms with Gasteiger partial charge >= 0.3 is 0 Å². The number of hydrogen-bond acceptors (Lipinski definition) is 4. The summed E-state index contributed by atoms with van der Waals surface area (Å²) in [6.07, 6.45) is 8.39. The molecule has 0 saturated heterocycles. The number of H-pyrrole nitrogens is 1. The summed E-state index contributed by atoms with van der Waals surface area (Å²) in [5.74, 6) is 0. The van der Waals surface area contributed by atoms with E-state index in [1.165, 1.54) is 21.9 Å². The largest absolute Gasteiger partial charge is 0.348 e. The highest BCUT2D eigenvalue weighted by atomic mass is 15.1. The highest BCUT2D eigenvalue weighted by molar-refractivity contribution is 5.84. The van der Waals surface area contributed by atoms with E-state index >= 15 is 0 Å². The smallest absolute Gasteiger partial charge is 0.0921 e. The lowest BCUT2D eigenvalue weighted by atomic mass is 10.1. The van der Waals surface area contributed by atoms with E-state index in [1.54, 1.807) is 6.33 Å². The van der Waals surface area contributed by atoms with Gasteiger partial charge in [0.2, 0.25) is 0 Å². The average molecular weight is 371 g/mol. The third kappa shape index (κ3) is 4.26. The molecule has 28 heavy (non-hydrogen) atoms. The molecule has 4 aromatic rings. The van der Waals surface area contributed by atoms with E-state index in [2.05, 4.69) is 75.1 Å². The van der Waals surface area contributed by atoms with Gasteiger partial charge in [-0.25, -0.2) is 4.98 Å². The molecule has 5 heteroatoms. The van der Waals surface area contributed by atoms with Crippen LogP contribution in [0.2, 0.25) is 0 Å². The average Bonchev–Trinajstić information content (AvgIpc) is 3.22. The van der Waals surface area contributed by atoms with E-state index in [0.29, 0.717) is 0 Å². The molecular formula is C23H25N5. The van der Waals surface area contributed by atoms with Crippen LogP contribution in [-0.4, -0.2) is 31.4 Å². The first-order valence-electron chi connectivity index (χ1n) is 9.63. The van der Waals surface area contributed by atoms with Gasteiger partial charge in [-0.1, -0.05) is 30.3 Å². The number of nitrogens with one attached hydrogen (secondary N) is 1. The van der Waals surface area contributed by atoms with Crippen LogP contribution in [0.25, 0.3) is 10.8 Å². The van der Waals surface area contributed by atoms with Gasteiger partial charge in [-0.05, 0) is 36.4 Å². The van der Waals surface area contributed by atoms with Crippen molar-refractivity contribution in [2.75, 3.05) is 6.54 Å². The summed E-state index contributed by atoms with van der Waals surface area (Å²) in [4.78, 5) is 19.1. The lowest BCUT2D eigenvalue weighted by molar-refractivity contribution is 0.253. The maximum absolute atomic E-state index is 4.69. The van der Waals surface area contributed by atoms with Gasteiger partial charge in [-0.15, -0.1) is 0 Å². The number of pyridine rings is 2. The Hall–Kier alpha value is -3.05. The minimum Gasteiger partial charge on any atom is -0.348 e. The molecule has 0 atom stereocenters. The highest BCUT2D eigenvalue weighted by Crippen LogP contribution is 2.19. The fourth-order valence-electron chi connectivity index (χ4n) is 3.55. The van der Waals surface area contributed by atoms with Gasteiger partial charge in [-0.2, -0.15) is 0 Å². The summed E-state index contributed by atoms with van der Waals surface area (Å²) in [7, 11) is 0. The van der Waals surface area contributed by atoms with Crippen LogP contribution in [0.5, 0.6) is 0 Å². The monoisotopic (exact) mass is 371 g/mol. The first-order valence-corrected chi connectivity index (χ1v) is 9.63. The first kappa shape index (κ1) is 18.3. The Labute approximate surface area is 165 Å². The summed E-state index contributed by atoms with van der Waals surface area (Å²) < 4.78 is 0. The zero-order chi connectivity index (χ0) is 19.3. The second-order valence-corrected chi connectivity index (χ2v) is 7.29. The zero-order valence-corrected chi connectivity index (χ0v) is 16.4. The van der Waals surface area contributed by atoms with E-state index in [-0.39, 0.29) is 0 Å².